The van der Waals surface area contributed by atoms with E-state index in [9.17, 15) is 23.2 Å². The molecule has 0 bridgehead atoms. The molecule has 174 valence electrons. The zero-order chi connectivity index (χ0) is 24.0. The van der Waals surface area contributed by atoms with Crippen molar-refractivity contribution in [3.8, 4) is 11.1 Å². The van der Waals surface area contributed by atoms with Gasteiger partial charge in [-0.05, 0) is 35.1 Å². The molecule has 3 rings (SSSR count). The highest BCUT2D eigenvalue weighted by atomic mass is 19.3. The molecule has 0 heterocycles. The molecule has 1 aliphatic carbocycles. The number of hydrogen-bond donors (Lipinski definition) is 3. The molecule has 0 fully saturated rings. The number of fused-ring (bicyclic) bond motifs is 3. The van der Waals surface area contributed by atoms with Gasteiger partial charge in [0.2, 0.25) is 5.91 Å². The number of carboxylic acids is 1. The number of nitrogens with one attached hydrogen (secondary N) is 2. The minimum absolute atomic E-state index is 0.0206. The second-order valence-corrected chi connectivity index (χ2v) is 7.62. The van der Waals surface area contributed by atoms with Crippen molar-refractivity contribution in [1.82, 2.24) is 10.6 Å². The maximum absolute atomic E-state index is 13.3. The number of carboxylic acid groups (broad SMARTS) is 1. The maximum Gasteiger partial charge on any atom is 0.407 e. The Morgan fingerprint density at radius 3 is 2.21 bits per heavy atom. The van der Waals surface area contributed by atoms with Crippen molar-refractivity contribution in [2.45, 2.75) is 30.7 Å². The van der Waals surface area contributed by atoms with Crippen LogP contribution in [0.15, 0.2) is 61.2 Å². The van der Waals surface area contributed by atoms with Gasteiger partial charge in [0.1, 0.15) is 12.6 Å². The number of benzene rings is 2. The molecular weight excluding hydrogens is 434 g/mol. The van der Waals surface area contributed by atoms with Gasteiger partial charge in [-0.3, -0.25) is 4.79 Å². The first-order valence-electron chi connectivity index (χ1n) is 10.4. The summed E-state index contributed by atoms with van der Waals surface area (Å²) >= 11 is 0. The quantitative estimate of drug-likeness (QED) is 0.471. The third-order valence-electron chi connectivity index (χ3n) is 5.41. The SMILES string of the molecule is C=CCCC(NC(=O)OCC1c2ccccc2-c2ccccc21)C(=O)NCC(F)(F)C(=O)O. The van der Waals surface area contributed by atoms with Crippen LogP contribution in [0.1, 0.15) is 29.9 Å². The van der Waals surface area contributed by atoms with E-state index in [2.05, 4.69) is 11.9 Å². The van der Waals surface area contributed by atoms with E-state index in [0.717, 1.165) is 22.3 Å². The molecule has 0 aromatic heterocycles. The summed E-state index contributed by atoms with van der Waals surface area (Å²) in [6.07, 6.45) is 1.02. The van der Waals surface area contributed by atoms with Crippen LogP contribution in [-0.4, -0.2) is 48.2 Å². The predicted molar refractivity (Wildman–Crippen MR) is 117 cm³/mol. The van der Waals surface area contributed by atoms with Crippen molar-refractivity contribution >= 4 is 18.0 Å². The number of ether oxygens (including phenoxy) is 1. The fourth-order valence-electron chi connectivity index (χ4n) is 3.73. The summed E-state index contributed by atoms with van der Waals surface area (Å²) in [6.45, 7) is 2.17. The number of carbonyl (C=O) groups excluding carboxylic acids is 2. The molecular formula is C24H24F2N2O5. The number of halogens is 2. The van der Waals surface area contributed by atoms with E-state index in [1.807, 2.05) is 53.8 Å². The molecule has 2 amide bonds. The molecule has 0 saturated carbocycles. The molecule has 1 unspecified atom stereocenters. The van der Waals surface area contributed by atoms with Crippen LogP contribution in [0.5, 0.6) is 0 Å². The van der Waals surface area contributed by atoms with Crippen molar-refractivity contribution in [1.29, 1.82) is 0 Å². The van der Waals surface area contributed by atoms with Gasteiger partial charge in [0.05, 0.1) is 6.54 Å². The van der Waals surface area contributed by atoms with Crippen molar-refractivity contribution in [2.75, 3.05) is 13.2 Å². The van der Waals surface area contributed by atoms with E-state index in [0.29, 0.717) is 6.42 Å². The van der Waals surface area contributed by atoms with Gasteiger partial charge in [0, 0.05) is 5.92 Å². The first-order chi connectivity index (χ1) is 15.7. The summed E-state index contributed by atoms with van der Waals surface area (Å²) in [5, 5.41) is 12.7. The standard InChI is InChI=1S/C24H24F2N2O5/c1-2-3-12-20(21(29)27-14-24(25,26)22(30)31)28-23(32)33-13-19-17-10-6-4-8-15(17)16-9-5-7-11-18(16)19/h2,4-11,19-20H,1,3,12-14H2,(H,27,29)(H,28,32)(H,30,31). The first kappa shape index (κ1) is 23.9. The number of alkyl halides is 2. The van der Waals surface area contributed by atoms with Crippen LogP contribution in [0.4, 0.5) is 13.6 Å². The molecule has 7 nitrogen and oxygen atoms in total. The molecule has 0 saturated heterocycles. The Kier molecular flexibility index (Phi) is 7.42. The third-order valence-corrected chi connectivity index (χ3v) is 5.41. The highest BCUT2D eigenvalue weighted by Crippen LogP contribution is 2.44. The van der Waals surface area contributed by atoms with Crippen LogP contribution in [-0.2, 0) is 14.3 Å². The number of rotatable bonds is 10. The van der Waals surface area contributed by atoms with E-state index in [4.69, 9.17) is 9.84 Å². The van der Waals surface area contributed by atoms with E-state index in [1.165, 1.54) is 6.08 Å². The van der Waals surface area contributed by atoms with Gasteiger partial charge in [0.15, 0.2) is 0 Å². The minimum Gasteiger partial charge on any atom is -0.477 e. The van der Waals surface area contributed by atoms with E-state index in [-0.39, 0.29) is 18.9 Å². The van der Waals surface area contributed by atoms with Crippen LogP contribution >= 0.6 is 0 Å². The number of amides is 2. The third kappa shape index (κ3) is 5.54. The van der Waals surface area contributed by atoms with Gasteiger partial charge in [-0.1, -0.05) is 54.6 Å². The van der Waals surface area contributed by atoms with Gasteiger partial charge in [-0.15, -0.1) is 6.58 Å². The summed E-state index contributed by atoms with van der Waals surface area (Å²) in [6, 6.07) is 14.4. The normalized spacial score (nSPS) is 13.4. The summed E-state index contributed by atoms with van der Waals surface area (Å²) in [7, 11) is 0. The first-order valence-corrected chi connectivity index (χ1v) is 10.4. The van der Waals surface area contributed by atoms with E-state index >= 15 is 0 Å². The summed E-state index contributed by atoms with van der Waals surface area (Å²) in [4.78, 5) is 35.3. The van der Waals surface area contributed by atoms with Crippen molar-refractivity contribution in [3.05, 3.63) is 72.3 Å². The molecule has 9 heteroatoms. The lowest BCUT2D eigenvalue weighted by Crippen LogP contribution is -2.50. The lowest BCUT2D eigenvalue weighted by atomic mass is 9.98. The van der Waals surface area contributed by atoms with Gasteiger partial charge < -0.3 is 20.5 Å². The second-order valence-electron chi connectivity index (χ2n) is 7.62. The molecule has 2 aromatic rings. The summed E-state index contributed by atoms with van der Waals surface area (Å²) in [5.41, 5.74) is 4.15. The average molecular weight is 458 g/mol. The zero-order valence-corrected chi connectivity index (χ0v) is 17.7. The maximum atomic E-state index is 13.3. The Labute approximate surface area is 189 Å². The van der Waals surface area contributed by atoms with Gasteiger partial charge in [-0.2, -0.15) is 8.78 Å². The van der Waals surface area contributed by atoms with Crippen LogP contribution < -0.4 is 10.6 Å². The smallest absolute Gasteiger partial charge is 0.407 e. The number of aliphatic carboxylic acids is 1. The molecule has 0 aliphatic heterocycles. The molecule has 1 aliphatic rings. The largest absolute Gasteiger partial charge is 0.477 e. The van der Waals surface area contributed by atoms with E-state index in [1.54, 1.807) is 0 Å². The van der Waals surface area contributed by atoms with E-state index < -0.39 is 36.5 Å². The molecule has 1 atom stereocenters. The number of hydrogen-bond acceptors (Lipinski definition) is 4. The highest BCUT2D eigenvalue weighted by Gasteiger charge is 2.39. The predicted octanol–water partition coefficient (Wildman–Crippen LogP) is 3.70. The summed E-state index contributed by atoms with van der Waals surface area (Å²) < 4.78 is 31.9. The topological polar surface area (TPSA) is 105 Å². The molecule has 0 spiro atoms. The minimum atomic E-state index is -4.12. The van der Waals surface area contributed by atoms with Crippen LogP contribution in [0.2, 0.25) is 0 Å². The van der Waals surface area contributed by atoms with Crippen LogP contribution in [0, 0.1) is 0 Å². The zero-order valence-electron chi connectivity index (χ0n) is 17.7. The fraction of sp³-hybridized carbons (Fsp3) is 0.292. The molecule has 3 N–H and O–H groups in total. The average Bonchev–Trinajstić information content (AvgIpc) is 3.12. The Balaban J connectivity index is 1.63. The number of carbonyl (C=O) groups is 3. The second kappa shape index (κ2) is 10.2. The van der Waals surface area contributed by atoms with Gasteiger partial charge in [-0.25, -0.2) is 9.59 Å². The Morgan fingerprint density at radius 1 is 1.09 bits per heavy atom. The lowest BCUT2D eigenvalue weighted by Gasteiger charge is -2.20. The molecule has 0 radical (unpaired) electrons. The van der Waals surface area contributed by atoms with Gasteiger partial charge in [0.25, 0.3) is 0 Å². The monoisotopic (exact) mass is 458 g/mol. The van der Waals surface area contributed by atoms with Crippen LogP contribution in [0.25, 0.3) is 11.1 Å². The fourth-order valence-corrected chi connectivity index (χ4v) is 3.73. The highest BCUT2D eigenvalue weighted by molar-refractivity contribution is 5.86. The summed E-state index contributed by atoms with van der Waals surface area (Å²) in [5.74, 6) is -7.60. The number of alkyl carbamates (subject to hydrolysis) is 1. The molecule has 33 heavy (non-hydrogen) atoms. The van der Waals surface area contributed by atoms with Crippen molar-refractivity contribution in [2.24, 2.45) is 0 Å². The van der Waals surface area contributed by atoms with Gasteiger partial charge >= 0.3 is 18.0 Å². The molecule has 2 aromatic carbocycles. The lowest BCUT2D eigenvalue weighted by molar-refractivity contribution is -0.164. The van der Waals surface area contributed by atoms with Crippen molar-refractivity contribution in [3.63, 3.8) is 0 Å². The van der Waals surface area contributed by atoms with Crippen molar-refractivity contribution < 1.29 is 33.0 Å². The number of allylic oxidation sites excluding steroid dienone is 1. The Bertz CT molecular complexity index is 1010. The Morgan fingerprint density at radius 2 is 1.67 bits per heavy atom. The van der Waals surface area contributed by atoms with Crippen LogP contribution in [0.3, 0.4) is 0 Å². The Hall–Kier alpha value is -3.75.